The summed E-state index contributed by atoms with van der Waals surface area (Å²) in [6, 6.07) is 4.78. The number of aliphatic carboxylic acids is 1. The number of imidazole rings is 1. The molecule has 1 atom stereocenters. The van der Waals surface area contributed by atoms with Crippen LogP contribution in [0.3, 0.4) is 0 Å². The van der Waals surface area contributed by atoms with Gasteiger partial charge in [0.2, 0.25) is 5.91 Å². The molecule has 0 fully saturated rings. The minimum absolute atomic E-state index is 0.0809. The number of hydrogen-bond donors (Lipinski definition) is 2. The first-order chi connectivity index (χ1) is 10.1. The second kappa shape index (κ2) is 6.88. The molecular formula is C15H19N3O3. The Morgan fingerprint density at radius 1 is 1.43 bits per heavy atom. The standard InChI is InChI=1S/C15H19N3O3/c1-2-3-6-12(15(20)21)17-14(19)9-11-10-18-8-5-4-7-13(18)16-11/h4-5,7-8,10,12H,2-3,6,9H2,1H3,(H,17,19)(H,20,21)/t12-/m0/s1. The average Bonchev–Trinajstić information content (AvgIpc) is 2.85. The Morgan fingerprint density at radius 2 is 2.24 bits per heavy atom. The molecule has 112 valence electrons. The van der Waals surface area contributed by atoms with E-state index in [1.54, 1.807) is 6.20 Å². The molecular weight excluding hydrogens is 270 g/mol. The molecule has 2 aromatic heterocycles. The number of nitrogens with zero attached hydrogens (tertiary/aromatic N) is 2. The predicted molar refractivity (Wildman–Crippen MR) is 78.0 cm³/mol. The highest BCUT2D eigenvalue weighted by Crippen LogP contribution is 2.06. The summed E-state index contributed by atoms with van der Waals surface area (Å²) >= 11 is 0. The van der Waals surface area contributed by atoms with E-state index in [0.29, 0.717) is 12.1 Å². The fraction of sp³-hybridized carbons (Fsp3) is 0.400. The summed E-state index contributed by atoms with van der Waals surface area (Å²) in [7, 11) is 0. The molecule has 0 aliphatic rings. The zero-order chi connectivity index (χ0) is 15.2. The van der Waals surface area contributed by atoms with E-state index >= 15 is 0 Å². The van der Waals surface area contributed by atoms with Gasteiger partial charge in [0.15, 0.2) is 0 Å². The summed E-state index contributed by atoms with van der Waals surface area (Å²) in [5.41, 5.74) is 1.39. The van der Waals surface area contributed by atoms with E-state index in [1.165, 1.54) is 0 Å². The second-order valence-electron chi connectivity index (χ2n) is 4.98. The third kappa shape index (κ3) is 4.05. The van der Waals surface area contributed by atoms with E-state index in [4.69, 9.17) is 5.11 Å². The highest BCUT2D eigenvalue weighted by atomic mass is 16.4. The molecule has 0 radical (unpaired) electrons. The first-order valence-corrected chi connectivity index (χ1v) is 7.05. The Balaban J connectivity index is 1.98. The van der Waals surface area contributed by atoms with Crippen LogP contribution in [-0.2, 0) is 16.0 Å². The van der Waals surface area contributed by atoms with Crippen LogP contribution in [0.1, 0.15) is 31.9 Å². The van der Waals surface area contributed by atoms with Crippen LogP contribution < -0.4 is 5.32 Å². The second-order valence-corrected chi connectivity index (χ2v) is 4.98. The number of fused-ring (bicyclic) bond motifs is 1. The van der Waals surface area contributed by atoms with Crippen LogP contribution in [0, 0.1) is 0 Å². The zero-order valence-electron chi connectivity index (χ0n) is 12.0. The van der Waals surface area contributed by atoms with Gasteiger partial charge in [0.1, 0.15) is 11.7 Å². The maximum atomic E-state index is 11.9. The molecule has 2 heterocycles. The van der Waals surface area contributed by atoms with E-state index in [2.05, 4.69) is 10.3 Å². The third-order valence-corrected chi connectivity index (χ3v) is 3.24. The van der Waals surface area contributed by atoms with E-state index in [1.807, 2.05) is 35.7 Å². The molecule has 0 aliphatic heterocycles. The smallest absolute Gasteiger partial charge is 0.326 e. The van der Waals surface area contributed by atoms with Crippen molar-refractivity contribution in [3.05, 3.63) is 36.3 Å². The molecule has 2 aromatic rings. The lowest BCUT2D eigenvalue weighted by molar-refractivity contribution is -0.142. The summed E-state index contributed by atoms with van der Waals surface area (Å²) in [6.45, 7) is 1.98. The Hall–Kier alpha value is -2.37. The Kier molecular flexibility index (Phi) is 4.92. The molecule has 2 N–H and O–H groups in total. The number of aromatic nitrogens is 2. The molecule has 0 unspecified atom stereocenters. The highest BCUT2D eigenvalue weighted by Gasteiger charge is 2.19. The number of nitrogens with one attached hydrogen (secondary N) is 1. The van der Waals surface area contributed by atoms with Crippen molar-refractivity contribution >= 4 is 17.5 Å². The highest BCUT2D eigenvalue weighted by molar-refractivity contribution is 5.84. The van der Waals surface area contributed by atoms with Gasteiger partial charge in [-0.1, -0.05) is 25.8 Å². The van der Waals surface area contributed by atoms with E-state index in [0.717, 1.165) is 18.5 Å². The van der Waals surface area contributed by atoms with Crippen LogP contribution in [0.15, 0.2) is 30.6 Å². The third-order valence-electron chi connectivity index (χ3n) is 3.24. The Labute approximate surface area is 122 Å². The molecule has 0 bridgehead atoms. The van der Waals surface area contributed by atoms with Crippen molar-refractivity contribution < 1.29 is 14.7 Å². The molecule has 2 rings (SSSR count). The van der Waals surface area contributed by atoms with Gasteiger partial charge in [-0.15, -0.1) is 0 Å². The summed E-state index contributed by atoms with van der Waals surface area (Å²) in [5.74, 6) is -1.31. The normalized spacial score (nSPS) is 12.2. The van der Waals surface area contributed by atoms with Gasteiger partial charge >= 0.3 is 5.97 Å². The molecule has 0 spiro atoms. The van der Waals surface area contributed by atoms with Crippen LogP contribution in [0.5, 0.6) is 0 Å². The number of hydrogen-bond acceptors (Lipinski definition) is 3. The monoisotopic (exact) mass is 289 g/mol. The SMILES string of the molecule is CCCC[C@H](NC(=O)Cc1cn2ccccc2n1)C(=O)O. The van der Waals surface area contributed by atoms with Crippen LogP contribution in [0.25, 0.3) is 5.65 Å². The maximum absolute atomic E-state index is 11.9. The van der Waals surface area contributed by atoms with Gasteiger partial charge in [0.25, 0.3) is 0 Å². The molecule has 1 amide bonds. The lowest BCUT2D eigenvalue weighted by atomic mass is 10.1. The van der Waals surface area contributed by atoms with Gasteiger partial charge in [0, 0.05) is 12.4 Å². The van der Waals surface area contributed by atoms with Crippen molar-refractivity contribution in [2.75, 3.05) is 0 Å². The van der Waals surface area contributed by atoms with Crippen molar-refractivity contribution in [2.45, 2.75) is 38.6 Å². The van der Waals surface area contributed by atoms with Crippen molar-refractivity contribution in [1.29, 1.82) is 0 Å². The molecule has 6 nitrogen and oxygen atoms in total. The summed E-state index contributed by atoms with van der Waals surface area (Å²) in [6.07, 6.45) is 5.82. The van der Waals surface area contributed by atoms with Crippen molar-refractivity contribution in [3.8, 4) is 0 Å². The minimum Gasteiger partial charge on any atom is -0.480 e. The number of carboxylic acid groups (broad SMARTS) is 1. The first kappa shape index (κ1) is 15.0. The van der Waals surface area contributed by atoms with E-state index in [9.17, 15) is 9.59 Å². The maximum Gasteiger partial charge on any atom is 0.326 e. The van der Waals surface area contributed by atoms with Crippen LogP contribution >= 0.6 is 0 Å². The molecule has 0 saturated heterocycles. The van der Waals surface area contributed by atoms with Crippen molar-refractivity contribution in [2.24, 2.45) is 0 Å². The topological polar surface area (TPSA) is 83.7 Å². The largest absolute Gasteiger partial charge is 0.480 e. The number of unbranched alkanes of at least 4 members (excludes halogenated alkanes) is 1. The number of rotatable bonds is 7. The first-order valence-electron chi connectivity index (χ1n) is 7.05. The molecule has 0 aliphatic carbocycles. The molecule has 21 heavy (non-hydrogen) atoms. The molecule has 0 saturated carbocycles. The molecule has 6 heteroatoms. The number of amides is 1. The van der Waals surface area contributed by atoms with Gasteiger partial charge in [-0.05, 0) is 18.6 Å². The minimum atomic E-state index is -0.994. The number of carbonyl (C=O) groups is 2. The molecule has 0 aromatic carbocycles. The quantitative estimate of drug-likeness (QED) is 0.811. The van der Waals surface area contributed by atoms with Gasteiger partial charge < -0.3 is 14.8 Å². The van der Waals surface area contributed by atoms with Crippen molar-refractivity contribution in [1.82, 2.24) is 14.7 Å². The number of carboxylic acids is 1. The average molecular weight is 289 g/mol. The van der Waals surface area contributed by atoms with Crippen LogP contribution in [-0.4, -0.2) is 32.4 Å². The van der Waals surface area contributed by atoms with E-state index in [-0.39, 0.29) is 12.3 Å². The Morgan fingerprint density at radius 3 is 2.90 bits per heavy atom. The predicted octanol–water partition coefficient (Wildman–Crippen LogP) is 1.64. The number of carbonyl (C=O) groups excluding carboxylic acids is 1. The summed E-state index contributed by atoms with van der Waals surface area (Å²) in [5, 5.41) is 11.7. The lowest BCUT2D eigenvalue weighted by Gasteiger charge is -2.13. The fourth-order valence-corrected chi connectivity index (χ4v) is 2.15. The van der Waals surface area contributed by atoms with Gasteiger partial charge in [0.05, 0.1) is 12.1 Å². The van der Waals surface area contributed by atoms with Crippen molar-refractivity contribution in [3.63, 3.8) is 0 Å². The van der Waals surface area contributed by atoms with Crippen LogP contribution in [0.2, 0.25) is 0 Å². The van der Waals surface area contributed by atoms with Gasteiger partial charge in [-0.2, -0.15) is 0 Å². The fourth-order valence-electron chi connectivity index (χ4n) is 2.15. The van der Waals surface area contributed by atoms with Gasteiger partial charge in [-0.25, -0.2) is 9.78 Å². The zero-order valence-corrected chi connectivity index (χ0v) is 12.0. The van der Waals surface area contributed by atoms with Gasteiger partial charge in [-0.3, -0.25) is 4.79 Å². The summed E-state index contributed by atoms with van der Waals surface area (Å²) in [4.78, 5) is 27.4. The lowest BCUT2D eigenvalue weighted by Crippen LogP contribution is -2.41. The summed E-state index contributed by atoms with van der Waals surface area (Å²) < 4.78 is 1.83. The van der Waals surface area contributed by atoms with Crippen LogP contribution in [0.4, 0.5) is 0 Å². The van der Waals surface area contributed by atoms with E-state index < -0.39 is 12.0 Å². The Bertz CT molecular complexity index is 603. The number of pyridine rings is 1.